The Morgan fingerprint density at radius 2 is 2.07 bits per heavy atom. The van der Waals surface area contributed by atoms with E-state index < -0.39 is 27.7 Å². The second kappa shape index (κ2) is 9.29. The molecule has 0 aromatic heterocycles. The van der Waals surface area contributed by atoms with Gasteiger partial charge in [-0.25, -0.2) is 9.18 Å². The van der Waals surface area contributed by atoms with Gasteiger partial charge >= 0.3 is 6.09 Å². The molecule has 2 aliphatic heterocycles. The van der Waals surface area contributed by atoms with Gasteiger partial charge in [-0.2, -0.15) is 5.26 Å². The molecule has 1 aromatic rings. The quantitative estimate of drug-likeness (QED) is 0.530. The number of carbonyl (C=O) groups excluding carboxylic acids is 2. The lowest BCUT2D eigenvalue weighted by Crippen LogP contribution is -2.40. The Balaban J connectivity index is 1.62. The molecular formula is C19H18Cl3FN4O3. The highest BCUT2D eigenvalue weighted by atomic mass is 35.6. The molecule has 11 heteroatoms. The molecular weight excluding hydrogens is 458 g/mol. The lowest BCUT2D eigenvalue weighted by Gasteiger charge is -2.30. The number of rotatable bonds is 4. The maximum Gasteiger partial charge on any atom is 0.414 e. The van der Waals surface area contributed by atoms with E-state index in [-0.39, 0.29) is 13.1 Å². The van der Waals surface area contributed by atoms with Crippen LogP contribution < -0.4 is 15.1 Å². The highest BCUT2D eigenvalue weighted by molar-refractivity contribution is 6.76. The average Bonchev–Trinajstić information content (AvgIpc) is 3.07. The number of hydrogen-bond acceptors (Lipinski definition) is 5. The molecule has 3 rings (SSSR count). The van der Waals surface area contributed by atoms with E-state index in [0.29, 0.717) is 37.3 Å². The smallest absolute Gasteiger partial charge is 0.414 e. The standard InChI is InChI=1S/C19H18Cl3FN4O3/c20-19(21,22)17(28)25-10-14-11-27(18(29)30-14)13-1-2-16(15(23)9-13)26-7-4-12(3-6-24)5-8-26/h1-3,9,14H,4-5,7-8,10-11H2,(H,25,28)/t14-/m0/s1. The Labute approximate surface area is 187 Å². The number of alkyl halides is 3. The summed E-state index contributed by atoms with van der Waals surface area (Å²) in [6.07, 6.45) is 1.63. The summed E-state index contributed by atoms with van der Waals surface area (Å²) in [5.74, 6) is -1.28. The minimum absolute atomic E-state index is 0.0398. The van der Waals surface area contributed by atoms with Crippen LogP contribution in [-0.2, 0) is 9.53 Å². The van der Waals surface area contributed by atoms with Crippen molar-refractivity contribution >= 4 is 58.2 Å². The summed E-state index contributed by atoms with van der Waals surface area (Å²) in [5.41, 5.74) is 1.84. The fourth-order valence-corrected chi connectivity index (χ4v) is 3.54. The molecule has 1 atom stereocenters. The van der Waals surface area contributed by atoms with Crippen LogP contribution in [0.1, 0.15) is 12.8 Å². The van der Waals surface area contributed by atoms with Crippen LogP contribution in [0.3, 0.4) is 0 Å². The summed E-state index contributed by atoms with van der Waals surface area (Å²) in [6, 6.07) is 6.56. The molecule has 0 saturated carbocycles. The van der Waals surface area contributed by atoms with Crippen molar-refractivity contribution < 1.29 is 18.7 Å². The lowest BCUT2D eigenvalue weighted by atomic mass is 10.0. The predicted octanol–water partition coefficient (Wildman–Crippen LogP) is 3.69. The van der Waals surface area contributed by atoms with Crippen LogP contribution in [0, 0.1) is 17.1 Å². The number of nitrogens with zero attached hydrogens (tertiary/aromatic N) is 3. The lowest BCUT2D eigenvalue weighted by molar-refractivity contribution is -0.120. The highest BCUT2D eigenvalue weighted by Crippen LogP contribution is 2.30. The summed E-state index contributed by atoms with van der Waals surface area (Å²) in [6.45, 7) is 1.30. The number of nitrogens with one attached hydrogen (secondary N) is 1. The third kappa shape index (κ3) is 5.28. The van der Waals surface area contributed by atoms with Crippen LogP contribution in [0.15, 0.2) is 29.8 Å². The molecule has 0 aliphatic carbocycles. The second-order valence-electron chi connectivity index (χ2n) is 6.88. The number of ether oxygens (including phenoxy) is 1. The topological polar surface area (TPSA) is 85.7 Å². The van der Waals surface area contributed by atoms with E-state index in [0.717, 1.165) is 5.57 Å². The van der Waals surface area contributed by atoms with Crippen molar-refractivity contribution in [3.8, 4) is 6.07 Å². The number of cyclic esters (lactones) is 1. The number of anilines is 2. The van der Waals surface area contributed by atoms with E-state index in [1.165, 1.54) is 11.0 Å². The SMILES string of the molecule is N#CC=C1CCN(c2ccc(N3C[C@H](CNC(=O)C(Cl)(Cl)Cl)OC3=O)cc2F)CC1. The molecule has 0 spiro atoms. The normalized spacial score (nSPS) is 19.4. The molecule has 2 amide bonds. The average molecular weight is 476 g/mol. The summed E-state index contributed by atoms with van der Waals surface area (Å²) >= 11 is 16.4. The van der Waals surface area contributed by atoms with Crippen LogP contribution in [0.4, 0.5) is 20.6 Å². The molecule has 1 N–H and O–H groups in total. The zero-order valence-electron chi connectivity index (χ0n) is 15.7. The van der Waals surface area contributed by atoms with E-state index in [9.17, 15) is 14.0 Å². The van der Waals surface area contributed by atoms with Gasteiger partial charge in [0.15, 0.2) is 0 Å². The fourth-order valence-electron chi connectivity index (χ4n) is 3.34. The number of hydrogen-bond donors (Lipinski definition) is 1. The van der Waals surface area contributed by atoms with Gasteiger partial charge in [0, 0.05) is 19.2 Å². The van der Waals surface area contributed by atoms with Crippen molar-refractivity contribution in [3.05, 3.63) is 35.7 Å². The fraction of sp³-hybridized carbons (Fsp3) is 0.421. The van der Waals surface area contributed by atoms with Crippen LogP contribution in [-0.4, -0.2) is 48.1 Å². The van der Waals surface area contributed by atoms with Crippen molar-refractivity contribution in [2.45, 2.75) is 22.7 Å². The molecule has 1 aromatic carbocycles. The number of allylic oxidation sites excluding steroid dienone is 1. The number of amides is 2. The highest BCUT2D eigenvalue weighted by Gasteiger charge is 2.35. The van der Waals surface area contributed by atoms with Gasteiger partial charge < -0.3 is 15.0 Å². The summed E-state index contributed by atoms with van der Waals surface area (Å²) in [5, 5.41) is 11.1. The molecule has 2 heterocycles. The summed E-state index contributed by atoms with van der Waals surface area (Å²) in [7, 11) is 0. The number of carbonyl (C=O) groups is 2. The van der Waals surface area contributed by atoms with Crippen molar-refractivity contribution in [1.29, 1.82) is 5.26 Å². The Morgan fingerprint density at radius 1 is 1.37 bits per heavy atom. The van der Waals surface area contributed by atoms with Gasteiger partial charge in [0.2, 0.25) is 0 Å². The van der Waals surface area contributed by atoms with Crippen LogP contribution in [0.25, 0.3) is 0 Å². The molecule has 160 valence electrons. The van der Waals surface area contributed by atoms with Crippen LogP contribution in [0.2, 0.25) is 0 Å². The second-order valence-corrected chi connectivity index (χ2v) is 9.16. The van der Waals surface area contributed by atoms with E-state index in [1.54, 1.807) is 18.2 Å². The Kier molecular flexibility index (Phi) is 6.96. The van der Waals surface area contributed by atoms with Gasteiger partial charge in [-0.3, -0.25) is 9.69 Å². The third-order valence-corrected chi connectivity index (χ3v) is 5.39. The number of nitriles is 1. The molecule has 2 aliphatic rings. The molecule has 7 nitrogen and oxygen atoms in total. The van der Waals surface area contributed by atoms with Gasteiger partial charge in [-0.1, -0.05) is 40.4 Å². The Bertz CT molecular complexity index is 903. The maximum atomic E-state index is 14.8. The maximum absolute atomic E-state index is 14.8. The largest absolute Gasteiger partial charge is 0.442 e. The van der Waals surface area contributed by atoms with Gasteiger partial charge in [-0.15, -0.1) is 0 Å². The van der Waals surface area contributed by atoms with Crippen LogP contribution >= 0.6 is 34.8 Å². The Morgan fingerprint density at radius 3 is 2.67 bits per heavy atom. The molecule has 0 unspecified atom stereocenters. The van der Waals surface area contributed by atoms with Crippen molar-refractivity contribution in [1.82, 2.24) is 5.32 Å². The first-order valence-corrected chi connectivity index (χ1v) is 10.3. The van der Waals surface area contributed by atoms with Gasteiger partial charge in [-0.05, 0) is 31.0 Å². The minimum atomic E-state index is -2.11. The molecule has 30 heavy (non-hydrogen) atoms. The molecule has 2 fully saturated rings. The number of halogens is 4. The number of piperidine rings is 1. The zero-order valence-corrected chi connectivity index (χ0v) is 18.0. The van der Waals surface area contributed by atoms with Gasteiger partial charge in [0.1, 0.15) is 11.9 Å². The van der Waals surface area contributed by atoms with E-state index in [4.69, 9.17) is 44.8 Å². The first-order chi connectivity index (χ1) is 14.2. The van der Waals surface area contributed by atoms with Gasteiger partial charge in [0.25, 0.3) is 9.70 Å². The van der Waals surface area contributed by atoms with E-state index >= 15 is 0 Å². The first kappa shape index (κ1) is 22.5. The first-order valence-electron chi connectivity index (χ1n) is 9.14. The molecule has 0 radical (unpaired) electrons. The third-order valence-electron chi connectivity index (χ3n) is 4.88. The van der Waals surface area contributed by atoms with E-state index in [2.05, 4.69) is 5.32 Å². The predicted molar refractivity (Wildman–Crippen MR) is 112 cm³/mol. The monoisotopic (exact) mass is 474 g/mol. The summed E-state index contributed by atoms with van der Waals surface area (Å²) < 4.78 is 17.8. The number of benzene rings is 1. The van der Waals surface area contributed by atoms with E-state index in [1.807, 2.05) is 11.0 Å². The van der Waals surface area contributed by atoms with Crippen molar-refractivity contribution in [2.24, 2.45) is 0 Å². The Hall–Kier alpha value is -2.21. The van der Waals surface area contributed by atoms with Crippen LogP contribution in [0.5, 0.6) is 0 Å². The molecule has 2 saturated heterocycles. The minimum Gasteiger partial charge on any atom is -0.442 e. The van der Waals surface area contributed by atoms with Gasteiger partial charge in [0.05, 0.1) is 30.5 Å². The van der Waals surface area contributed by atoms with Crippen molar-refractivity contribution in [2.75, 3.05) is 36.0 Å². The van der Waals surface area contributed by atoms with Crippen molar-refractivity contribution in [3.63, 3.8) is 0 Å². The molecule has 0 bridgehead atoms. The zero-order chi connectivity index (χ0) is 21.9. The summed E-state index contributed by atoms with van der Waals surface area (Å²) in [4.78, 5) is 27.0.